The van der Waals surface area contributed by atoms with Gasteiger partial charge < -0.3 is 16.9 Å². The Morgan fingerprint density at radius 2 is 2.09 bits per heavy atom. The standard InChI is InChI=1S/C15H14ClN5O/c16-11-4-2-1-3-9(11)7-20-21-8-19-13-6-12(17)10(15(18)22)5-14(13)21/h1-6,8,20H,7,17H2,(H2,18,22). The summed E-state index contributed by atoms with van der Waals surface area (Å²) in [5.74, 6) is -0.571. The lowest BCUT2D eigenvalue weighted by Gasteiger charge is -2.10. The summed E-state index contributed by atoms with van der Waals surface area (Å²) in [6.45, 7) is 0.515. The summed E-state index contributed by atoms with van der Waals surface area (Å²) in [6, 6.07) is 10.8. The number of nitrogens with two attached hydrogens (primary N) is 2. The molecule has 0 unspecified atom stereocenters. The van der Waals surface area contributed by atoms with E-state index in [1.165, 1.54) is 0 Å². The number of nitrogens with one attached hydrogen (secondary N) is 1. The van der Waals surface area contributed by atoms with Crippen molar-refractivity contribution >= 4 is 34.2 Å². The van der Waals surface area contributed by atoms with Gasteiger partial charge in [-0.05, 0) is 23.8 Å². The number of aromatic nitrogens is 2. The van der Waals surface area contributed by atoms with E-state index in [4.69, 9.17) is 23.1 Å². The van der Waals surface area contributed by atoms with Gasteiger partial charge in [-0.1, -0.05) is 29.8 Å². The van der Waals surface area contributed by atoms with Gasteiger partial charge in [0.1, 0.15) is 6.33 Å². The lowest BCUT2D eigenvalue weighted by Crippen LogP contribution is -2.16. The highest BCUT2D eigenvalue weighted by Gasteiger charge is 2.11. The smallest absolute Gasteiger partial charge is 0.250 e. The molecule has 0 atom stereocenters. The number of fused-ring (bicyclic) bond motifs is 1. The number of benzene rings is 2. The molecule has 3 aromatic rings. The third-order valence-corrected chi connectivity index (χ3v) is 3.75. The van der Waals surface area contributed by atoms with Crippen molar-refractivity contribution in [1.82, 2.24) is 9.66 Å². The van der Waals surface area contributed by atoms with Crippen LogP contribution in [0, 0.1) is 0 Å². The predicted molar refractivity (Wildman–Crippen MR) is 87.2 cm³/mol. The number of halogens is 1. The maximum Gasteiger partial charge on any atom is 0.250 e. The normalized spacial score (nSPS) is 10.8. The number of anilines is 1. The molecule has 0 saturated heterocycles. The quantitative estimate of drug-likeness (QED) is 0.642. The van der Waals surface area contributed by atoms with E-state index in [-0.39, 0.29) is 5.56 Å². The first kappa shape index (κ1) is 14.2. The number of hydrogen-bond acceptors (Lipinski definition) is 4. The van der Waals surface area contributed by atoms with E-state index in [0.717, 1.165) is 11.1 Å². The Labute approximate surface area is 131 Å². The summed E-state index contributed by atoms with van der Waals surface area (Å²) in [7, 11) is 0. The molecular weight excluding hydrogens is 302 g/mol. The van der Waals surface area contributed by atoms with Gasteiger partial charge in [-0.3, -0.25) is 4.79 Å². The molecule has 1 heterocycles. The highest BCUT2D eigenvalue weighted by atomic mass is 35.5. The molecule has 0 aliphatic carbocycles. The van der Waals surface area contributed by atoms with Crippen molar-refractivity contribution in [3.8, 4) is 0 Å². The fourth-order valence-corrected chi connectivity index (χ4v) is 2.43. The van der Waals surface area contributed by atoms with E-state index in [2.05, 4.69) is 10.4 Å². The minimum absolute atomic E-state index is 0.272. The Hall–Kier alpha value is -2.73. The number of nitrogens with zero attached hydrogens (tertiary/aromatic N) is 2. The SMILES string of the molecule is NC(=O)c1cc2c(cc1N)ncn2NCc1ccccc1Cl. The van der Waals surface area contributed by atoms with Crippen LogP contribution in [0.15, 0.2) is 42.7 Å². The molecule has 6 nitrogen and oxygen atoms in total. The topological polar surface area (TPSA) is 99.0 Å². The molecule has 0 spiro atoms. The number of imidazole rings is 1. The molecule has 0 fully saturated rings. The van der Waals surface area contributed by atoms with Crippen molar-refractivity contribution in [1.29, 1.82) is 0 Å². The number of carbonyl (C=O) groups is 1. The maximum atomic E-state index is 11.4. The first-order valence-corrected chi connectivity index (χ1v) is 6.97. The van der Waals surface area contributed by atoms with Crippen molar-refractivity contribution in [3.63, 3.8) is 0 Å². The van der Waals surface area contributed by atoms with Gasteiger partial charge in [-0.15, -0.1) is 0 Å². The number of carbonyl (C=O) groups excluding carboxylic acids is 1. The molecule has 0 bridgehead atoms. The van der Waals surface area contributed by atoms with Crippen LogP contribution < -0.4 is 16.9 Å². The molecule has 112 valence electrons. The first-order valence-electron chi connectivity index (χ1n) is 6.60. The van der Waals surface area contributed by atoms with Gasteiger partial charge in [-0.2, -0.15) is 0 Å². The van der Waals surface area contributed by atoms with Gasteiger partial charge in [0, 0.05) is 10.7 Å². The number of nitrogen functional groups attached to an aromatic ring is 1. The van der Waals surface area contributed by atoms with Crippen molar-refractivity contribution in [2.75, 3.05) is 11.2 Å². The van der Waals surface area contributed by atoms with E-state index >= 15 is 0 Å². The highest BCUT2D eigenvalue weighted by molar-refractivity contribution is 6.31. The van der Waals surface area contributed by atoms with Crippen LogP contribution in [0.5, 0.6) is 0 Å². The lowest BCUT2D eigenvalue weighted by atomic mass is 10.1. The number of hydrogen-bond donors (Lipinski definition) is 3. The van der Waals surface area contributed by atoms with Crippen molar-refractivity contribution in [2.45, 2.75) is 6.54 Å². The largest absolute Gasteiger partial charge is 0.398 e. The van der Waals surface area contributed by atoms with E-state index in [9.17, 15) is 4.79 Å². The minimum atomic E-state index is -0.571. The molecule has 0 saturated carbocycles. The summed E-state index contributed by atoms with van der Waals surface area (Å²) in [5.41, 5.74) is 17.2. The zero-order valence-electron chi connectivity index (χ0n) is 11.6. The van der Waals surface area contributed by atoms with Crippen LogP contribution in [0.2, 0.25) is 5.02 Å². The van der Waals surface area contributed by atoms with Gasteiger partial charge in [0.2, 0.25) is 0 Å². The van der Waals surface area contributed by atoms with Crippen molar-refractivity contribution < 1.29 is 4.79 Å². The summed E-state index contributed by atoms with van der Waals surface area (Å²) in [5, 5.41) is 0.682. The van der Waals surface area contributed by atoms with E-state index in [1.807, 2.05) is 24.3 Å². The van der Waals surface area contributed by atoms with E-state index in [1.54, 1.807) is 23.1 Å². The second-order valence-electron chi connectivity index (χ2n) is 4.83. The fraction of sp³-hybridized carbons (Fsp3) is 0.0667. The molecule has 0 aliphatic heterocycles. The van der Waals surface area contributed by atoms with Crippen molar-refractivity contribution in [2.24, 2.45) is 5.73 Å². The molecule has 1 amide bonds. The number of rotatable bonds is 4. The second kappa shape index (κ2) is 5.57. The summed E-state index contributed by atoms with van der Waals surface area (Å²) in [6.07, 6.45) is 1.62. The van der Waals surface area contributed by atoms with Gasteiger partial charge in [0.05, 0.1) is 23.1 Å². The molecule has 22 heavy (non-hydrogen) atoms. The van der Waals surface area contributed by atoms with Crippen LogP contribution >= 0.6 is 11.6 Å². The maximum absolute atomic E-state index is 11.4. The number of amides is 1. The predicted octanol–water partition coefficient (Wildman–Crippen LogP) is 2.11. The van der Waals surface area contributed by atoms with Crippen LogP contribution in [0.4, 0.5) is 5.69 Å². The third-order valence-electron chi connectivity index (χ3n) is 3.38. The van der Waals surface area contributed by atoms with E-state index in [0.29, 0.717) is 22.8 Å². The van der Waals surface area contributed by atoms with Crippen LogP contribution in [0.3, 0.4) is 0 Å². The monoisotopic (exact) mass is 315 g/mol. The van der Waals surface area contributed by atoms with Crippen LogP contribution in [-0.4, -0.2) is 15.6 Å². The van der Waals surface area contributed by atoms with Crippen molar-refractivity contribution in [3.05, 3.63) is 58.9 Å². The lowest BCUT2D eigenvalue weighted by molar-refractivity contribution is 0.100. The van der Waals surface area contributed by atoms with Crippen LogP contribution in [-0.2, 0) is 6.54 Å². The highest BCUT2D eigenvalue weighted by Crippen LogP contribution is 2.21. The molecule has 3 rings (SSSR count). The van der Waals surface area contributed by atoms with Gasteiger partial charge in [0.15, 0.2) is 0 Å². The Morgan fingerprint density at radius 1 is 1.32 bits per heavy atom. The Balaban J connectivity index is 1.93. The summed E-state index contributed by atoms with van der Waals surface area (Å²) < 4.78 is 1.71. The zero-order valence-corrected chi connectivity index (χ0v) is 12.3. The van der Waals surface area contributed by atoms with E-state index < -0.39 is 5.91 Å². The minimum Gasteiger partial charge on any atom is -0.398 e. The van der Waals surface area contributed by atoms with Crippen LogP contribution in [0.1, 0.15) is 15.9 Å². The molecule has 1 aromatic heterocycles. The molecule has 7 heteroatoms. The Bertz CT molecular complexity index is 858. The molecule has 0 radical (unpaired) electrons. The molecule has 2 aromatic carbocycles. The fourth-order valence-electron chi connectivity index (χ4n) is 2.22. The summed E-state index contributed by atoms with van der Waals surface area (Å²) >= 11 is 6.13. The molecular formula is C15H14ClN5O. The Morgan fingerprint density at radius 3 is 2.82 bits per heavy atom. The summed E-state index contributed by atoms with van der Waals surface area (Å²) in [4.78, 5) is 15.6. The molecule has 0 aliphatic rings. The van der Waals surface area contributed by atoms with Gasteiger partial charge >= 0.3 is 0 Å². The molecule has 5 N–H and O–H groups in total. The Kier molecular flexibility index (Phi) is 3.60. The van der Waals surface area contributed by atoms with Crippen LogP contribution in [0.25, 0.3) is 11.0 Å². The number of primary amides is 1. The zero-order chi connectivity index (χ0) is 15.7. The average molecular weight is 316 g/mol. The second-order valence-corrected chi connectivity index (χ2v) is 5.24. The average Bonchev–Trinajstić information content (AvgIpc) is 2.87. The van der Waals surface area contributed by atoms with Gasteiger partial charge in [-0.25, -0.2) is 9.66 Å². The van der Waals surface area contributed by atoms with Gasteiger partial charge in [0.25, 0.3) is 5.91 Å². The first-order chi connectivity index (χ1) is 10.6. The third kappa shape index (κ3) is 2.56.